The van der Waals surface area contributed by atoms with E-state index in [0.717, 1.165) is 23.2 Å². The molecule has 0 aliphatic heterocycles. The lowest BCUT2D eigenvalue weighted by atomic mass is 10.0. The van der Waals surface area contributed by atoms with E-state index in [2.05, 4.69) is 18.0 Å². The summed E-state index contributed by atoms with van der Waals surface area (Å²) in [5, 5.41) is 3.13. The van der Waals surface area contributed by atoms with Gasteiger partial charge in [0.05, 0.1) is 0 Å². The van der Waals surface area contributed by atoms with Crippen LogP contribution >= 0.6 is 0 Å². The van der Waals surface area contributed by atoms with E-state index in [9.17, 15) is 0 Å². The molecule has 2 nitrogen and oxygen atoms in total. The fraction of sp³-hybridized carbons (Fsp3) is 0.273. The maximum absolute atomic E-state index is 5.48. The van der Waals surface area contributed by atoms with Gasteiger partial charge in [0, 0.05) is 18.3 Å². The van der Waals surface area contributed by atoms with Gasteiger partial charge in [-0.05, 0) is 24.6 Å². The summed E-state index contributed by atoms with van der Waals surface area (Å²) in [6, 6.07) is 8.11. The summed E-state index contributed by atoms with van der Waals surface area (Å²) in [5.74, 6) is 0. The summed E-state index contributed by atoms with van der Waals surface area (Å²) >= 11 is 0. The summed E-state index contributed by atoms with van der Waals surface area (Å²) in [4.78, 5) is 0. The normalized spacial score (nSPS) is 9.69. The predicted molar refractivity (Wildman–Crippen MR) is 58.7 cm³/mol. The second kappa shape index (κ2) is 4.67. The molecule has 0 bridgehead atoms. The van der Waals surface area contributed by atoms with Crippen LogP contribution in [-0.2, 0) is 0 Å². The second-order valence-corrected chi connectivity index (χ2v) is 2.94. The summed E-state index contributed by atoms with van der Waals surface area (Å²) in [6.45, 7) is 4.65. The predicted octanol–water partition coefficient (Wildman–Crippen LogP) is 2.09. The number of anilines is 1. The topological polar surface area (TPSA) is 38.0 Å². The highest BCUT2D eigenvalue weighted by Crippen LogP contribution is 2.23. The molecule has 0 amide bonds. The van der Waals surface area contributed by atoms with Crippen molar-refractivity contribution in [3.8, 4) is 0 Å². The molecule has 13 heavy (non-hydrogen) atoms. The van der Waals surface area contributed by atoms with Crippen LogP contribution < -0.4 is 11.1 Å². The Kier molecular flexibility index (Phi) is 3.53. The third-order valence-corrected chi connectivity index (χ3v) is 2.02. The molecular formula is C11H16N2. The Balaban J connectivity index is 2.92. The van der Waals surface area contributed by atoms with Crippen molar-refractivity contribution >= 4 is 11.3 Å². The maximum Gasteiger partial charge on any atom is 0.0413 e. The third-order valence-electron chi connectivity index (χ3n) is 2.02. The Morgan fingerprint density at radius 2 is 2.15 bits per heavy atom. The van der Waals surface area contributed by atoms with Gasteiger partial charge in [-0.1, -0.05) is 24.8 Å². The van der Waals surface area contributed by atoms with Crippen LogP contribution in [0.1, 0.15) is 12.0 Å². The van der Waals surface area contributed by atoms with Crippen molar-refractivity contribution in [1.29, 1.82) is 0 Å². The van der Waals surface area contributed by atoms with Crippen molar-refractivity contribution in [3.05, 3.63) is 36.4 Å². The van der Waals surface area contributed by atoms with E-state index in [1.807, 2.05) is 25.2 Å². The fourth-order valence-electron chi connectivity index (χ4n) is 1.32. The van der Waals surface area contributed by atoms with Gasteiger partial charge >= 0.3 is 0 Å². The van der Waals surface area contributed by atoms with Crippen molar-refractivity contribution in [3.63, 3.8) is 0 Å². The van der Waals surface area contributed by atoms with Crippen LogP contribution in [-0.4, -0.2) is 13.6 Å². The van der Waals surface area contributed by atoms with E-state index in [0.29, 0.717) is 6.54 Å². The number of nitrogens with two attached hydrogens (primary N) is 1. The molecule has 0 heterocycles. The van der Waals surface area contributed by atoms with Gasteiger partial charge in [-0.25, -0.2) is 0 Å². The largest absolute Gasteiger partial charge is 0.388 e. The number of rotatable bonds is 4. The van der Waals surface area contributed by atoms with Gasteiger partial charge in [-0.15, -0.1) is 0 Å². The van der Waals surface area contributed by atoms with E-state index < -0.39 is 0 Å². The first-order valence-electron chi connectivity index (χ1n) is 4.44. The quantitative estimate of drug-likeness (QED) is 0.737. The molecule has 0 fully saturated rings. The molecule has 0 atom stereocenters. The first-order valence-corrected chi connectivity index (χ1v) is 4.44. The van der Waals surface area contributed by atoms with Crippen molar-refractivity contribution in [2.24, 2.45) is 5.73 Å². The van der Waals surface area contributed by atoms with E-state index in [1.165, 1.54) is 0 Å². The van der Waals surface area contributed by atoms with Crippen LogP contribution in [0.5, 0.6) is 0 Å². The first kappa shape index (κ1) is 9.81. The standard InChI is InChI=1S/C11H16N2/c1-9(7-8-12)10-5-3-4-6-11(10)13-2/h3-6,13H,1,7-8,12H2,2H3. The Hall–Kier alpha value is -1.28. The molecule has 1 aromatic carbocycles. The minimum absolute atomic E-state index is 0.650. The van der Waals surface area contributed by atoms with Gasteiger partial charge in [-0.2, -0.15) is 0 Å². The highest BCUT2D eigenvalue weighted by atomic mass is 14.8. The maximum atomic E-state index is 5.48. The van der Waals surface area contributed by atoms with Crippen LogP contribution in [0.15, 0.2) is 30.8 Å². The van der Waals surface area contributed by atoms with Crippen LogP contribution in [0, 0.1) is 0 Å². The molecule has 3 N–H and O–H groups in total. The van der Waals surface area contributed by atoms with Gasteiger partial charge < -0.3 is 11.1 Å². The average Bonchev–Trinajstić information content (AvgIpc) is 2.18. The minimum Gasteiger partial charge on any atom is -0.388 e. The smallest absolute Gasteiger partial charge is 0.0413 e. The zero-order valence-corrected chi connectivity index (χ0v) is 8.01. The lowest BCUT2D eigenvalue weighted by molar-refractivity contribution is 1.02. The number of para-hydroxylation sites is 1. The lowest BCUT2D eigenvalue weighted by Crippen LogP contribution is -2.01. The third kappa shape index (κ3) is 2.33. The minimum atomic E-state index is 0.650. The Labute approximate surface area is 79.5 Å². The van der Waals surface area contributed by atoms with E-state index in [-0.39, 0.29) is 0 Å². The van der Waals surface area contributed by atoms with Crippen LogP contribution in [0.4, 0.5) is 5.69 Å². The van der Waals surface area contributed by atoms with E-state index in [4.69, 9.17) is 5.73 Å². The number of benzene rings is 1. The molecule has 0 radical (unpaired) electrons. The molecule has 0 spiro atoms. The van der Waals surface area contributed by atoms with Gasteiger partial charge in [0.1, 0.15) is 0 Å². The zero-order valence-electron chi connectivity index (χ0n) is 8.01. The number of hydrogen-bond acceptors (Lipinski definition) is 2. The molecule has 0 saturated carbocycles. The molecule has 1 aromatic rings. The van der Waals surface area contributed by atoms with E-state index in [1.54, 1.807) is 0 Å². The van der Waals surface area contributed by atoms with Gasteiger partial charge in [0.2, 0.25) is 0 Å². The molecule has 70 valence electrons. The first-order chi connectivity index (χ1) is 6.29. The number of nitrogens with one attached hydrogen (secondary N) is 1. The Morgan fingerprint density at radius 3 is 2.77 bits per heavy atom. The Morgan fingerprint density at radius 1 is 1.46 bits per heavy atom. The molecule has 2 heteroatoms. The van der Waals surface area contributed by atoms with Gasteiger partial charge in [0.15, 0.2) is 0 Å². The second-order valence-electron chi connectivity index (χ2n) is 2.94. The molecule has 0 aromatic heterocycles. The van der Waals surface area contributed by atoms with E-state index >= 15 is 0 Å². The molecular weight excluding hydrogens is 160 g/mol. The van der Waals surface area contributed by atoms with Crippen molar-refractivity contribution < 1.29 is 0 Å². The number of hydrogen-bond donors (Lipinski definition) is 2. The molecule has 1 rings (SSSR count). The molecule has 0 aliphatic rings. The van der Waals surface area contributed by atoms with Crippen LogP contribution in [0.2, 0.25) is 0 Å². The molecule has 0 saturated heterocycles. The SMILES string of the molecule is C=C(CCN)c1ccccc1NC. The summed E-state index contributed by atoms with van der Waals surface area (Å²) in [5.41, 5.74) is 8.84. The summed E-state index contributed by atoms with van der Waals surface area (Å²) < 4.78 is 0. The Bertz CT molecular complexity index is 292. The van der Waals surface area contributed by atoms with Crippen LogP contribution in [0.3, 0.4) is 0 Å². The molecule has 0 aliphatic carbocycles. The highest BCUT2D eigenvalue weighted by Gasteiger charge is 2.02. The van der Waals surface area contributed by atoms with Crippen molar-refractivity contribution in [2.45, 2.75) is 6.42 Å². The highest BCUT2D eigenvalue weighted by molar-refractivity contribution is 5.74. The van der Waals surface area contributed by atoms with Crippen molar-refractivity contribution in [2.75, 3.05) is 18.9 Å². The molecule has 0 unspecified atom stereocenters. The van der Waals surface area contributed by atoms with Gasteiger partial charge in [0.25, 0.3) is 0 Å². The monoisotopic (exact) mass is 176 g/mol. The lowest BCUT2D eigenvalue weighted by Gasteiger charge is -2.10. The average molecular weight is 176 g/mol. The van der Waals surface area contributed by atoms with Crippen molar-refractivity contribution in [1.82, 2.24) is 0 Å². The summed E-state index contributed by atoms with van der Waals surface area (Å²) in [6.07, 6.45) is 0.846. The zero-order chi connectivity index (χ0) is 9.68. The summed E-state index contributed by atoms with van der Waals surface area (Å²) in [7, 11) is 1.91. The van der Waals surface area contributed by atoms with Crippen LogP contribution in [0.25, 0.3) is 5.57 Å². The van der Waals surface area contributed by atoms with Gasteiger partial charge in [-0.3, -0.25) is 0 Å². The fourth-order valence-corrected chi connectivity index (χ4v) is 1.32.